The number of hydrogen-bond donors (Lipinski definition) is 2. The van der Waals surface area contributed by atoms with Gasteiger partial charge in [0.25, 0.3) is 0 Å². The standard InChI is InChI=1S/C20H24N2O6/c1-20(2,3)28-19(27)22-11-9-21(10-12-22)8-4-5-14-6-7-15(17(23)24)16(13-14)18(25)26/h6-7,13H,8-12H2,1-3H3,(H,23,24)(H,25,26). The predicted molar refractivity (Wildman–Crippen MR) is 101 cm³/mol. The Morgan fingerprint density at radius 1 is 1.04 bits per heavy atom. The van der Waals surface area contributed by atoms with Gasteiger partial charge in [0, 0.05) is 31.7 Å². The van der Waals surface area contributed by atoms with Crippen molar-refractivity contribution >= 4 is 18.0 Å². The molecule has 0 bridgehead atoms. The summed E-state index contributed by atoms with van der Waals surface area (Å²) < 4.78 is 5.36. The van der Waals surface area contributed by atoms with E-state index in [1.165, 1.54) is 18.2 Å². The third-order valence-electron chi connectivity index (χ3n) is 4.04. The van der Waals surface area contributed by atoms with E-state index >= 15 is 0 Å². The molecular formula is C20H24N2O6. The van der Waals surface area contributed by atoms with Gasteiger partial charge in [-0.2, -0.15) is 0 Å². The number of carboxylic acid groups (broad SMARTS) is 2. The number of hydrogen-bond acceptors (Lipinski definition) is 5. The highest BCUT2D eigenvalue weighted by molar-refractivity contribution is 6.01. The largest absolute Gasteiger partial charge is 0.478 e. The van der Waals surface area contributed by atoms with Gasteiger partial charge in [-0.1, -0.05) is 11.8 Å². The fourth-order valence-corrected chi connectivity index (χ4v) is 2.65. The molecule has 0 saturated carbocycles. The Morgan fingerprint density at radius 2 is 1.64 bits per heavy atom. The molecular weight excluding hydrogens is 364 g/mol. The lowest BCUT2D eigenvalue weighted by atomic mass is 10.0. The maximum absolute atomic E-state index is 12.0. The summed E-state index contributed by atoms with van der Waals surface area (Å²) in [6, 6.07) is 4.00. The fourth-order valence-electron chi connectivity index (χ4n) is 2.65. The zero-order valence-electron chi connectivity index (χ0n) is 16.2. The quantitative estimate of drug-likeness (QED) is 0.763. The second kappa shape index (κ2) is 8.76. The lowest BCUT2D eigenvalue weighted by molar-refractivity contribution is 0.0155. The third-order valence-corrected chi connectivity index (χ3v) is 4.04. The molecule has 0 radical (unpaired) electrons. The SMILES string of the molecule is CC(C)(C)OC(=O)N1CCN(CC#Cc2ccc(C(=O)O)c(C(=O)O)c2)CC1. The Hall–Kier alpha value is -3.05. The highest BCUT2D eigenvalue weighted by atomic mass is 16.6. The van der Waals surface area contributed by atoms with Crippen LogP contribution < -0.4 is 0 Å². The van der Waals surface area contributed by atoms with Crippen molar-refractivity contribution in [1.82, 2.24) is 9.80 Å². The van der Waals surface area contributed by atoms with E-state index in [4.69, 9.17) is 14.9 Å². The van der Waals surface area contributed by atoms with E-state index in [2.05, 4.69) is 16.7 Å². The average molecular weight is 388 g/mol. The number of carboxylic acids is 2. The van der Waals surface area contributed by atoms with E-state index in [-0.39, 0.29) is 17.2 Å². The van der Waals surface area contributed by atoms with Gasteiger partial charge < -0.3 is 19.8 Å². The van der Waals surface area contributed by atoms with Gasteiger partial charge >= 0.3 is 18.0 Å². The molecule has 150 valence electrons. The van der Waals surface area contributed by atoms with Gasteiger partial charge in [0.15, 0.2) is 0 Å². The molecule has 8 heteroatoms. The first kappa shape index (κ1) is 21.3. The second-order valence-corrected chi connectivity index (χ2v) is 7.42. The van der Waals surface area contributed by atoms with E-state index in [0.29, 0.717) is 38.3 Å². The predicted octanol–water partition coefficient (Wildman–Crippen LogP) is 1.99. The first-order chi connectivity index (χ1) is 13.1. The maximum atomic E-state index is 12.0. The molecule has 0 spiro atoms. The molecule has 1 fully saturated rings. The molecule has 1 saturated heterocycles. The van der Waals surface area contributed by atoms with E-state index < -0.39 is 17.5 Å². The molecule has 2 rings (SSSR count). The molecule has 8 nitrogen and oxygen atoms in total. The number of carbonyl (C=O) groups is 3. The summed E-state index contributed by atoms with van der Waals surface area (Å²) >= 11 is 0. The van der Waals surface area contributed by atoms with Crippen molar-refractivity contribution < 1.29 is 29.3 Å². The van der Waals surface area contributed by atoms with Crippen molar-refractivity contribution in [2.24, 2.45) is 0 Å². The van der Waals surface area contributed by atoms with E-state index in [9.17, 15) is 14.4 Å². The fraction of sp³-hybridized carbons (Fsp3) is 0.450. The highest BCUT2D eigenvalue weighted by Crippen LogP contribution is 2.13. The smallest absolute Gasteiger partial charge is 0.410 e. The molecule has 1 aliphatic heterocycles. The Labute approximate surface area is 163 Å². The van der Waals surface area contributed by atoms with Crippen LogP contribution in [-0.4, -0.2) is 76.4 Å². The molecule has 2 N–H and O–H groups in total. The van der Waals surface area contributed by atoms with Crippen molar-refractivity contribution in [3.63, 3.8) is 0 Å². The minimum Gasteiger partial charge on any atom is -0.478 e. The van der Waals surface area contributed by atoms with Crippen LogP contribution in [-0.2, 0) is 4.74 Å². The zero-order chi connectivity index (χ0) is 20.9. The summed E-state index contributed by atoms with van der Waals surface area (Å²) in [5, 5.41) is 18.2. The molecule has 1 aromatic rings. The molecule has 0 aromatic heterocycles. The topological polar surface area (TPSA) is 107 Å². The zero-order valence-corrected chi connectivity index (χ0v) is 16.2. The minimum atomic E-state index is -1.31. The van der Waals surface area contributed by atoms with Crippen LogP contribution in [0.2, 0.25) is 0 Å². The van der Waals surface area contributed by atoms with Crippen molar-refractivity contribution in [3.05, 3.63) is 34.9 Å². The second-order valence-electron chi connectivity index (χ2n) is 7.42. The van der Waals surface area contributed by atoms with Crippen molar-refractivity contribution in [3.8, 4) is 11.8 Å². The van der Waals surface area contributed by atoms with Gasteiger partial charge in [-0.15, -0.1) is 0 Å². The minimum absolute atomic E-state index is 0.267. The molecule has 1 aliphatic rings. The molecule has 1 amide bonds. The number of piperazine rings is 1. The van der Waals surface area contributed by atoms with Crippen LogP contribution in [0.4, 0.5) is 4.79 Å². The monoisotopic (exact) mass is 388 g/mol. The summed E-state index contributed by atoms with van der Waals surface area (Å²) in [7, 11) is 0. The number of aromatic carboxylic acids is 2. The van der Waals surface area contributed by atoms with Gasteiger partial charge in [-0.3, -0.25) is 4.90 Å². The van der Waals surface area contributed by atoms with Crippen LogP contribution in [0.25, 0.3) is 0 Å². The van der Waals surface area contributed by atoms with E-state index in [0.717, 1.165) is 0 Å². The number of ether oxygens (including phenoxy) is 1. The third kappa shape index (κ3) is 5.99. The van der Waals surface area contributed by atoms with Crippen molar-refractivity contribution in [1.29, 1.82) is 0 Å². The average Bonchev–Trinajstić information content (AvgIpc) is 2.60. The maximum Gasteiger partial charge on any atom is 0.410 e. The van der Waals surface area contributed by atoms with Gasteiger partial charge in [0.1, 0.15) is 5.60 Å². The Morgan fingerprint density at radius 3 is 2.18 bits per heavy atom. The molecule has 0 atom stereocenters. The summed E-state index contributed by atoms with van der Waals surface area (Å²) in [6.07, 6.45) is -0.321. The van der Waals surface area contributed by atoms with Crippen LogP contribution in [0.5, 0.6) is 0 Å². The van der Waals surface area contributed by atoms with Gasteiger partial charge in [0.05, 0.1) is 17.7 Å². The lowest BCUT2D eigenvalue weighted by Crippen LogP contribution is -2.50. The summed E-state index contributed by atoms with van der Waals surface area (Å²) in [5.41, 5.74) is -0.638. The van der Waals surface area contributed by atoms with Crippen LogP contribution in [0.1, 0.15) is 47.1 Å². The Bertz CT molecular complexity index is 823. The van der Waals surface area contributed by atoms with Gasteiger partial charge in [-0.25, -0.2) is 14.4 Å². The molecule has 28 heavy (non-hydrogen) atoms. The normalized spacial score (nSPS) is 14.8. The number of benzene rings is 1. The lowest BCUT2D eigenvalue weighted by Gasteiger charge is -2.34. The number of nitrogens with zero attached hydrogens (tertiary/aromatic N) is 2. The van der Waals surface area contributed by atoms with E-state index in [1.54, 1.807) is 4.90 Å². The highest BCUT2D eigenvalue weighted by Gasteiger charge is 2.25. The Balaban J connectivity index is 1.92. The van der Waals surface area contributed by atoms with Gasteiger partial charge in [-0.05, 0) is 39.0 Å². The number of amides is 1. The first-order valence-corrected chi connectivity index (χ1v) is 8.86. The van der Waals surface area contributed by atoms with Crippen LogP contribution >= 0.6 is 0 Å². The summed E-state index contributed by atoms with van der Waals surface area (Å²) in [5.74, 6) is 3.24. The van der Waals surface area contributed by atoms with Crippen LogP contribution in [0.15, 0.2) is 18.2 Å². The summed E-state index contributed by atoms with van der Waals surface area (Å²) in [6.45, 7) is 8.37. The molecule has 0 aliphatic carbocycles. The van der Waals surface area contributed by atoms with E-state index in [1.807, 2.05) is 20.8 Å². The van der Waals surface area contributed by atoms with Crippen molar-refractivity contribution in [2.75, 3.05) is 32.7 Å². The first-order valence-electron chi connectivity index (χ1n) is 8.86. The molecule has 1 heterocycles. The molecule has 0 unspecified atom stereocenters. The van der Waals surface area contributed by atoms with Crippen LogP contribution in [0, 0.1) is 11.8 Å². The Kier molecular flexibility index (Phi) is 6.65. The number of carbonyl (C=O) groups excluding carboxylic acids is 1. The van der Waals surface area contributed by atoms with Gasteiger partial charge in [0.2, 0.25) is 0 Å². The molecule has 1 aromatic carbocycles. The van der Waals surface area contributed by atoms with Crippen molar-refractivity contribution in [2.45, 2.75) is 26.4 Å². The summed E-state index contributed by atoms with van der Waals surface area (Å²) in [4.78, 5) is 38.1. The van der Waals surface area contributed by atoms with Crippen LogP contribution in [0.3, 0.4) is 0 Å². The number of rotatable bonds is 3.